The van der Waals surface area contributed by atoms with Crippen LogP contribution in [0.1, 0.15) is 12.0 Å². The van der Waals surface area contributed by atoms with Crippen LogP contribution in [0, 0.1) is 0 Å². The van der Waals surface area contributed by atoms with Crippen molar-refractivity contribution in [1.29, 1.82) is 0 Å². The van der Waals surface area contributed by atoms with Gasteiger partial charge >= 0.3 is 0 Å². The minimum atomic E-state index is 1.08. The van der Waals surface area contributed by atoms with E-state index in [4.69, 9.17) is 0 Å². The lowest BCUT2D eigenvalue weighted by Crippen LogP contribution is -1.69. The van der Waals surface area contributed by atoms with E-state index in [2.05, 4.69) is 54.6 Å². The highest BCUT2D eigenvalue weighted by atomic mass is 14.0. The van der Waals surface area contributed by atoms with Gasteiger partial charge in [0.05, 0.1) is 0 Å². The molecule has 0 radical (unpaired) electrons. The van der Waals surface area contributed by atoms with E-state index in [1.54, 1.807) is 0 Å². The molecule has 0 heteroatoms. The monoisotopic (exact) mass is 168 g/mol. The van der Waals surface area contributed by atoms with Gasteiger partial charge in [0.15, 0.2) is 0 Å². The van der Waals surface area contributed by atoms with Crippen LogP contribution in [0.25, 0.3) is 6.08 Å². The first-order valence-electron chi connectivity index (χ1n) is 4.55. The summed E-state index contributed by atoms with van der Waals surface area (Å²) in [5, 5.41) is 0. The summed E-state index contributed by atoms with van der Waals surface area (Å²) in [6, 6.07) is 10.4. The van der Waals surface area contributed by atoms with Crippen molar-refractivity contribution in [3.8, 4) is 0 Å². The fourth-order valence-electron chi connectivity index (χ4n) is 1.36. The van der Waals surface area contributed by atoms with Crippen molar-refractivity contribution in [3.05, 3.63) is 65.8 Å². The van der Waals surface area contributed by atoms with Crippen LogP contribution in [0.5, 0.6) is 0 Å². The molecule has 0 amide bonds. The molecular formula is C13H12. The van der Waals surface area contributed by atoms with Crippen molar-refractivity contribution in [1.82, 2.24) is 0 Å². The van der Waals surface area contributed by atoms with Crippen molar-refractivity contribution in [2.45, 2.75) is 6.42 Å². The van der Waals surface area contributed by atoms with E-state index in [1.807, 2.05) is 6.07 Å². The predicted molar refractivity (Wildman–Crippen MR) is 57.3 cm³/mol. The third-order valence-corrected chi connectivity index (χ3v) is 2.07. The van der Waals surface area contributed by atoms with Gasteiger partial charge in [0, 0.05) is 0 Å². The lowest BCUT2D eigenvalue weighted by molar-refractivity contribution is 1.44. The zero-order valence-corrected chi connectivity index (χ0v) is 7.48. The van der Waals surface area contributed by atoms with Gasteiger partial charge in [-0.15, -0.1) is 0 Å². The molecule has 1 aliphatic rings. The molecule has 0 aromatic heterocycles. The Hall–Kier alpha value is -1.56. The number of allylic oxidation sites excluding steroid dienone is 5. The van der Waals surface area contributed by atoms with Crippen molar-refractivity contribution in [2.75, 3.05) is 0 Å². The van der Waals surface area contributed by atoms with Gasteiger partial charge in [0.1, 0.15) is 0 Å². The molecule has 0 saturated carbocycles. The highest BCUT2D eigenvalue weighted by Gasteiger charge is 1.91. The highest BCUT2D eigenvalue weighted by Crippen LogP contribution is 2.12. The second-order valence-corrected chi connectivity index (χ2v) is 3.09. The molecule has 1 aromatic rings. The van der Waals surface area contributed by atoms with E-state index in [0.717, 1.165) is 6.42 Å². The first kappa shape index (κ1) is 8.06. The molecule has 0 heterocycles. The molecule has 0 atom stereocenters. The Balaban J connectivity index is 2.10. The van der Waals surface area contributed by atoms with Crippen LogP contribution in [0.15, 0.2) is 60.2 Å². The number of benzene rings is 1. The summed E-state index contributed by atoms with van der Waals surface area (Å²) in [5.74, 6) is 0. The molecular weight excluding hydrogens is 156 g/mol. The molecule has 0 unspecified atom stereocenters. The average molecular weight is 168 g/mol. The molecule has 13 heavy (non-hydrogen) atoms. The van der Waals surface area contributed by atoms with Gasteiger partial charge in [-0.05, 0) is 17.6 Å². The van der Waals surface area contributed by atoms with Crippen molar-refractivity contribution in [3.63, 3.8) is 0 Å². The summed E-state index contributed by atoms with van der Waals surface area (Å²) in [6.07, 6.45) is 11.9. The second-order valence-electron chi connectivity index (χ2n) is 3.09. The third-order valence-electron chi connectivity index (χ3n) is 2.07. The Morgan fingerprint density at radius 1 is 1.00 bits per heavy atom. The summed E-state index contributed by atoms with van der Waals surface area (Å²) in [5.41, 5.74) is 2.56. The lowest BCUT2D eigenvalue weighted by Gasteiger charge is -1.91. The second kappa shape index (κ2) is 3.90. The van der Waals surface area contributed by atoms with Crippen LogP contribution in [0.3, 0.4) is 0 Å². The smallest absolute Gasteiger partial charge is 0.0157 e. The first-order chi connectivity index (χ1) is 6.45. The highest BCUT2D eigenvalue weighted by molar-refractivity contribution is 5.55. The van der Waals surface area contributed by atoms with Gasteiger partial charge in [-0.2, -0.15) is 0 Å². The molecule has 2 rings (SSSR count). The maximum absolute atomic E-state index is 2.22. The molecule has 1 aliphatic carbocycles. The topological polar surface area (TPSA) is 0 Å². The maximum atomic E-state index is 2.22. The Bertz CT molecular complexity index is 353. The zero-order chi connectivity index (χ0) is 8.93. The molecule has 0 saturated heterocycles. The molecule has 0 aliphatic heterocycles. The van der Waals surface area contributed by atoms with Crippen LogP contribution in [0.4, 0.5) is 0 Å². The van der Waals surface area contributed by atoms with Crippen molar-refractivity contribution < 1.29 is 0 Å². The Kier molecular flexibility index (Phi) is 2.42. The largest absolute Gasteiger partial charge is 0.0801 e. The van der Waals surface area contributed by atoms with E-state index in [0.29, 0.717) is 0 Å². The van der Waals surface area contributed by atoms with Crippen LogP contribution < -0.4 is 0 Å². The van der Waals surface area contributed by atoms with Crippen LogP contribution in [0.2, 0.25) is 0 Å². The number of hydrogen-bond donors (Lipinski definition) is 0. The standard InChI is InChI=1S/C13H12/c1-2-6-12(7-3-1)10-11-13-8-4-5-9-13/h1-4,6-11H,5H2/b11-10+. The van der Waals surface area contributed by atoms with Gasteiger partial charge in [-0.25, -0.2) is 0 Å². The fraction of sp³-hybridized carbons (Fsp3) is 0.0769. The van der Waals surface area contributed by atoms with Crippen molar-refractivity contribution in [2.24, 2.45) is 0 Å². The van der Waals surface area contributed by atoms with Gasteiger partial charge in [0.2, 0.25) is 0 Å². The van der Waals surface area contributed by atoms with E-state index in [9.17, 15) is 0 Å². The van der Waals surface area contributed by atoms with E-state index in [-0.39, 0.29) is 0 Å². The van der Waals surface area contributed by atoms with Crippen LogP contribution in [-0.4, -0.2) is 0 Å². The molecule has 0 nitrogen and oxygen atoms in total. The van der Waals surface area contributed by atoms with E-state index >= 15 is 0 Å². The van der Waals surface area contributed by atoms with E-state index in [1.165, 1.54) is 11.1 Å². The number of rotatable bonds is 2. The fourth-order valence-corrected chi connectivity index (χ4v) is 1.36. The predicted octanol–water partition coefficient (Wildman–Crippen LogP) is 3.59. The molecule has 0 fully saturated rings. The van der Waals surface area contributed by atoms with Gasteiger partial charge in [0.25, 0.3) is 0 Å². The van der Waals surface area contributed by atoms with Gasteiger partial charge in [-0.3, -0.25) is 0 Å². The first-order valence-corrected chi connectivity index (χ1v) is 4.55. The number of hydrogen-bond acceptors (Lipinski definition) is 0. The van der Waals surface area contributed by atoms with Crippen LogP contribution in [-0.2, 0) is 0 Å². The zero-order valence-electron chi connectivity index (χ0n) is 7.48. The minimum Gasteiger partial charge on any atom is -0.0801 e. The minimum absolute atomic E-state index is 1.08. The summed E-state index contributed by atoms with van der Waals surface area (Å²) < 4.78 is 0. The summed E-state index contributed by atoms with van der Waals surface area (Å²) in [4.78, 5) is 0. The lowest BCUT2D eigenvalue weighted by atomic mass is 10.2. The molecule has 0 N–H and O–H groups in total. The summed E-state index contributed by atoms with van der Waals surface area (Å²) >= 11 is 0. The molecule has 0 bridgehead atoms. The van der Waals surface area contributed by atoms with Gasteiger partial charge < -0.3 is 0 Å². The van der Waals surface area contributed by atoms with Gasteiger partial charge in [-0.1, -0.05) is 60.7 Å². The Morgan fingerprint density at radius 2 is 1.85 bits per heavy atom. The summed E-state index contributed by atoms with van der Waals surface area (Å²) in [6.45, 7) is 0. The quantitative estimate of drug-likeness (QED) is 0.633. The SMILES string of the molecule is C1=CC(/C=C/c2ccccc2)=CC1. The molecule has 0 spiro atoms. The Morgan fingerprint density at radius 3 is 2.54 bits per heavy atom. The van der Waals surface area contributed by atoms with Crippen molar-refractivity contribution >= 4 is 6.08 Å². The summed E-state index contributed by atoms with van der Waals surface area (Å²) in [7, 11) is 0. The Labute approximate surface area is 78.9 Å². The molecule has 1 aromatic carbocycles. The average Bonchev–Trinajstić information content (AvgIpc) is 2.69. The normalized spacial score (nSPS) is 15.2. The maximum Gasteiger partial charge on any atom is -0.0157 e. The molecule has 64 valence electrons. The van der Waals surface area contributed by atoms with E-state index < -0.39 is 0 Å². The van der Waals surface area contributed by atoms with Crippen LogP contribution >= 0.6 is 0 Å². The third kappa shape index (κ3) is 2.19.